The molecule has 0 saturated heterocycles. The number of hydrogen-bond donors (Lipinski definition) is 2. The number of rotatable bonds is 1. The van der Waals surface area contributed by atoms with E-state index in [1.807, 2.05) is 6.20 Å². The molecule has 13 heavy (non-hydrogen) atoms. The molecule has 1 aromatic heterocycles. The molecule has 5 heteroatoms. The first-order chi connectivity index (χ1) is 6.25. The van der Waals surface area contributed by atoms with Crippen molar-refractivity contribution in [2.75, 3.05) is 5.32 Å². The molecule has 68 valence electrons. The van der Waals surface area contributed by atoms with Gasteiger partial charge in [0.15, 0.2) is 5.11 Å². The van der Waals surface area contributed by atoms with Crippen molar-refractivity contribution in [2.45, 2.75) is 19.3 Å². The smallest absolute Gasteiger partial charge is 0.229 e. The summed E-state index contributed by atoms with van der Waals surface area (Å²) in [7, 11) is 0. The maximum atomic E-state index is 5.31. The Balaban J connectivity index is 2.25. The number of aromatic nitrogens is 2. The van der Waals surface area contributed by atoms with E-state index in [9.17, 15) is 0 Å². The molecule has 0 amide bonds. The molecule has 0 unspecified atom stereocenters. The molecular formula is C8H10N4S. The number of thiocarbonyl (C=S) groups is 1. The summed E-state index contributed by atoms with van der Waals surface area (Å²) in [6, 6.07) is 0. The zero-order chi connectivity index (χ0) is 9.26. The molecule has 3 N–H and O–H groups in total. The molecule has 1 aliphatic rings. The van der Waals surface area contributed by atoms with Crippen LogP contribution in [0, 0.1) is 0 Å². The lowest BCUT2D eigenvalue weighted by molar-refractivity contribution is 0.900. The van der Waals surface area contributed by atoms with Crippen molar-refractivity contribution in [1.29, 1.82) is 0 Å². The lowest BCUT2D eigenvalue weighted by Gasteiger charge is -2.03. The van der Waals surface area contributed by atoms with Gasteiger partial charge in [0.05, 0.1) is 0 Å². The third-order valence-corrected chi connectivity index (χ3v) is 2.15. The first-order valence-corrected chi connectivity index (χ1v) is 4.58. The van der Waals surface area contributed by atoms with Crippen molar-refractivity contribution in [3.63, 3.8) is 0 Å². The molecule has 0 aliphatic heterocycles. The van der Waals surface area contributed by atoms with Crippen LogP contribution in [0.3, 0.4) is 0 Å². The summed E-state index contributed by atoms with van der Waals surface area (Å²) in [5.74, 6) is 0.508. The second-order valence-corrected chi connectivity index (χ2v) is 3.45. The lowest BCUT2D eigenvalue weighted by Crippen LogP contribution is -2.20. The lowest BCUT2D eigenvalue weighted by atomic mass is 10.3. The van der Waals surface area contributed by atoms with Crippen molar-refractivity contribution in [1.82, 2.24) is 9.97 Å². The Kier molecular flexibility index (Phi) is 2.10. The predicted octanol–water partition coefficient (Wildman–Crippen LogP) is 0.621. The molecular weight excluding hydrogens is 184 g/mol. The summed E-state index contributed by atoms with van der Waals surface area (Å²) < 4.78 is 0. The van der Waals surface area contributed by atoms with Gasteiger partial charge in [-0.2, -0.15) is 0 Å². The van der Waals surface area contributed by atoms with Crippen LogP contribution in [0.4, 0.5) is 5.95 Å². The van der Waals surface area contributed by atoms with Gasteiger partial charge in [0.1, 0.15) is 0 Å². The molecule has 0 atom stereocenters. The summed E-state index contributed by atoms with van der Waals surface area (Å²) in [5, 5.41) is 2.93. The Hall–Kier alpha value is -1.23. The van der Waals surface area contributed by atoms with E-state index < -0.39 is 0 Å². The Morgan fingerprint density at radius 3 is 3.15 bits per heavy atom. The molecule has 0 fully saturated rings. The van der Waals surface area contributed by atoms with Crippen LogP contribution in [0.1, 0.15) is 17.7 Å². The molecule has 4 nitrogen and oxygen atoms in total. The highest BCUT2D eigenvalue weighted by molar-refractivity contribution is 7.80. The van der Waals surface area contributed by atoms with Gasteiger partial charge in [-0.05, 0) is 37.0 Å². The molecule has 2 rings (SSSR count). The minimum absolute atomic E-state index is 0.206. The molecule has 1 aliphatic carbocycles. The van der Waals surface area contributed by atoms with Gasteiger partial charge in [-0.1, -0.05) is 0 Å². The molecule has 0 aromatic carbocycles. The largest absolute Gasteiger partial charge is 0.376 e. The highest BCUT2D eigenvalue weighted by Gasteiger charge is 2.13. The summed E-state index contributed by atoms with van der Waals surface area (Å²) in [6.07, 6.45) is 5.13. The molecule has 0 bridgehead atoms. The third-order valence-electron chi connectivity index (χ3n) is 2.05. The van der Waals surface area contributed by atoms with Crippen LogP contribution in [0.15, 0.2) is 6.20 Å². The number of nitrogens with zero attached hydrogens (tertiary/aromatic N) is 2. The molecule has 0 saturated carbocycles. The Bertz CT molecular complexity index is 350. The van der Waals surface area contributed by atoms with E-state index in [2.05, 4.69) is 15.3 Å². The summed E-state index contributed by atoms with van der Waals surface area (Å²) in [6.45, 7) is 0. The first kappa shape index (κ1) is 8.37. The third kappa shape index (κ3) is 1.75. The van der Waals surface area contributed by atoms with Crippen molar-refractivity contribution in [2.24, 2.45) is 5.73 Å². The summed E-state index contributed by atoms with van der Waals surface area (Å²) in [4.78, 5) is 8.40. The van der Waals surface area contributed by atoms with E-state index in [4.69, 9.17) is 18.0 Å². The van der Waals surface area contributed by atoms with Gasteiger partial charge in [0.25, 0.3) is 0 Å². The van der Waals surface area contributed by atoms with Crippen molar-refractivity contribution in [3.8, 4) is 0 Å². The fraction of sp³-hybridized carbons (Fsp3) is 0.375. The van der Waals surface area contributed by atoms with E-state index in [1.165, 1.54) is 12.0 Å². The van der Waals surface area contributed by atoms with Gasteiger partial charge in [0, 0.05) is 11.9 Å². The standard InChI is InChI=1S/C8H10N4S/c9-7(13)12-8-10-4-5-2-1-3-6(5)11-8/h4H,1-3H2,(H3,9,10,11,12,13). The quantitative estimate of drug-likeness (QED) is 0.642. The SMILES string of the molecule is NC(=S)Nc1ncc2c(n1)CCC2. The average molecular weight is 194 g/mol. The Morgan fingerprint density at radius 1 is 1.54 bits per heavy atom. The summed E-state index contributed by atoms with van der Waals surface area (Å²) >= 11 is 4.69. The van der Waals surface area contributed by atoms with Gasteiger partial charge in [-0.25, -0.2) is 9.97 Å². The number of hydrogen-bond acceptors (Lipinski definition) is 3. The molecule has 1 aromatic rings. The van der Waals surface area contributed by atoms with Crippen molar-refractivity contribution < 1.29 is 0 Å². The van der Waals surface area contributed by atoms with Gasteiger partial charge in [-0.15, -0.1) is 0 Å². The second kappa shape index (κ2) is 3.26. The zero-order valence-electron chi connectivity index (χ0n) is 7.08. The van der Waals surface area contributed by atoms with E-state index in [1.54, 1.807) is 0 Å². The van der Waals surface area contributed by atoms with Gasteiger partial charge >= 0.3 is 0 Å². The van der Waals surface area contributed by atoms with Gasteiger partial charge in [0.2, 0.25) is 5.95 Å². The fourth-order valence-corrected chi connectivity index (χ4v) is 1.58. The van der Waals surface area contributed by atoms with Crippen molar-refractivity contribution >= 4 is 23.3 Å². The fourth-order valence-electron chi connectivity index (χ4n) is 1.48. The van der Waals surface area contributed by atoms with E-state index in [-0.39, 0.29) is 5.11 Å². The topological polar surface area (TPSA) is 63.8 Å². The molecule has 0 radical (unpaired) electrons. The van der Waals surface area contributed by atoms with Crippen LogP contribution < -0.4 is 11.1 Å². The number of fused-ring (bicyclic) bond motifs is 1. The number of nitrogens with one attached hydrogen (secondary N) is 1. The van der Waals surface area contributed by atoms with E-state index >= 15 is 0 Å². The van der Waals surface area contributed by atoms with E-state index in [0.717, 1.165) is 18.5 Å². The predicted molar refractivity (Wildman–Crippen MR) is 54.5 cm³/mol. The maximum absolute atomic E-state index is 5.31. The minimum atomic E-state index is 0.206. The highest BCUT2D eigenvalue weighted by atomic mass is 32.1. The molecule has 1 heterocycles. The maximum Gasteiger partial charge on any atom is 0.229 e. The van der Waals surface area contributed by atoms with Crippen molar-refractivity contribution in [3.05, 3.63) is 17.5 Å². The number of aryl methyl sites for hydroxylation is 2. The van der Waals surface area contributed by atoms with Crippen LogP contribution in [0.5, 0.6) is 0 Å². The minimum Gasteiger partial charge on any atom is -0.376 e. The summed E-state index contributed by atoms with van der Waals surface area (Å²) in [5.41, 5.74) is 7.67. The molecule has 0 spiro atoms. The zero-order valence-corrected chi connectivity index (χ0v) is 7.90. The van der Waals surface area contributed by atoms with Gasteiger partial charge in [-0.3, -0.25) is 0 Å². The normalized spacial score (nSPS) is 13.8. The highest BCUT2D eigenvalue weighted by Crippen LogP contribution is 2.19. The average Bonchev–Trinajstić information content (AvgIpc) is 2.49. The van der Waals surface area contributed by atoms with Crippen LogP contribution >= 0.6 is 12.2 Å². The monoisotopic (exact) mass is 194 g/mol. The van der Waals surface area contributed by atoms with Crippen LogP contribution in [0.25, 0.3) is 0 Å². The number of nitrogens with two attached hydrogens (primary N) is 1. The number of anilines is 1. The van der Waals surface area contributed by atoms with Crippen LogP contribution in [-0.4, -0.2) is 15.1 Å². The Morgan fingerprint density at radius 2 is 2.38 bits per heavy atom. The van der Waals surface area contributed by atoms with Crippen LogP contribution in [-0.2, 0) is 12.8 Å². The van der Waals surface area contributed by atoms with E-state index in [0.29, 0.717) is 5.95 Å². The first-order valence-electron chi connectivity index (χ1n) is 4.17. The van der Waals surface area contributed by atoms with Crippen LogP contribution in [0.2, 0.25) is 0 Å². The Labute approximate surface area is 81.6 Å². The van der Waals surface area contributed by atoms with Gasteiger partial charge < -0.3 is 11.1 Å². The second-order valence-electron chi connectivity index (χ2n) is 3.01.